The summed E-state index contributed by atoms with van der Waals surface area (Å²) in [5, 5.41) is 2.67. The first-order valence-electron chi connectivity index (χ1n) is 11.7. The molecule has 4 aromatic carbocycles. The minimum absolute atomic E-state index is 0.0487. The number of rotatable bonds is 5. The van der Waals surface area contributed by atoms with Gasteiger partial charge in [0.2, 0.25) is 0 Å². The Bertz CT molecular complexity index is 1280. The monoisotopic (exact) mass is 514 g/mol. The molecule has 0 bridgehead atoms. The van der Waals surface area contributed by atoms with Crippen LogP contribution < -0.4 is 0 Å². The highest BCUT2D eigenvalue weighted by molar-refractivity contribution is 8.07. The third-order valence-electron chi connectivity index (χ3n) is 6.04. The van der Waals surface area contributed by atoms with Crippen molar-refractivity contribution in [2.45, 2.75) is 65.4 Å². The molecule has 0 N–H and O–H groups in total. The molecule has 0 spiro atoms. The van der Waals surface area contributed by atoms with Crippen LogP contribution in [-0.4, -0.2) is 0 Å². The van der Waals surface area contributed by atoms with Crippen molar-refractivity contribution in [3.8, 4) is 0 Å². The topological polar surface area (TPSA) is 0 Å². The minimum Gasteiger partial charge on any atom is -0.0795 e. The van der Waals surface area contributed by atoms with Gasteiger partial charge in [-0.3, -0.25) is 0 Å². The van der Waals surface area contributed by atoms with Gasteiger partial charge < -0.3 is 0 Å². The third kappa shape index (κ3) is 4.15. The van der Waals surface area contributed by atoms with Gasteiger partial charge in [0.1, 0.15) is 10.9 Å². The summed E-state index contributed by atoms with van der Waals surface area (Å²) >= 11 is 3.85. The molecule has 0 unspecified atom stereocenters. The van der Waals surface area contributed by atoms with Crippen LogP contribution >= 0.6 is 23.5 Å². The van der Waals surface area contributed by atoms with E-state index in [0.29, 0.717) is 0 Å². The van der Waals surface area contributed by atoms with Crippen LogP contribution in [0.5, 0.6) is 0 Å². The summed E-state index contributed by atoms with van der Waals surface area (Å²) < 4.78 is 0. The predicted molar refractivity (Wildman–Crippen MR) is 149 cm³/mol. The SMILES string of the molecule is CCCC/C(=C\[S+]1c2ccccc2Sc2ccccc21)[S+]1c2ccccc2Sc2ccccc21. The van der Waals surface area contributed by atoms with Crippen molar-refractivity contribution in [3.05, 3.63) is 107 Å². The lowest BCUT2D eigenvalue weighted by molar-refractivity contribution is 0.807. The van der Waals surface area contributed by atoms with E-state index in [0.717, 1.165) is 6.42 Å². The summed E-state index contributed by atoms with van der Waals surface area (Å²) in [4.78, 5) is 13.1. The second-order valence-electron chi connectivity index (χ2n) is 8.32. The summed E-state index contributed by atoms with van der Waals surface area (Å²) in [5.74, 6) is 0. The molecule has 0 fully saturated rings. The van der Waals surface area contributed by atoms with Crippen LogP contribution in [0.4, 0.5) is 0 Å². The second-order valence-corrected chi connectivity index (χ2v) is 14.3. The van der Waals surface area contributed by atoms with Crippen molar-refractivity contribution in [1.29, 1.82) is 0 Å². The van der Waals surface area contributed by atoms with Crippen molar-refractivity contribution in [3.63, 3.8) is 0 Å². The molecule has 4 heteroatoms. The summed E-state index contributed by atoms with van der Waals surface area (Å²) in [6.07, 6.45) is 3.58. The van der Waals surface area contributed by atoms with Crippen LogP contribution in [0.25, 0.3) is 0 Å². The van der Waals surface area contributed by atoms with Crippen molar-refractivity contribution in [1.82, 2.24) is 0 Å². The van der Waals surface area contributed by atoms with E-state index in [4.69, 9.17) is 0 Å². The Kier molecular flexibility index (Phi) is 6.58. The Morgan fingerprint density at radius 1 is 0.618 bits per heavy atom. The van der Waals surface area contributed by atoms with Gasteiger partial charge in [0.05, 0.1) is 30.5 Å². The lowest BCUT2D eigenvalue weighted by Crippen LogP contribution is -2.16. The van der Waals surface area contributed by atoms with E-state index < -0.39 is 0 Å². The molecule has 0 nitrogen and oxygen atoms in total. The maximum atomic E-state index is 2.67. The van der Waals surface area contributed by atoms with E-state index in [-0.39, 0.29) is 21.8 Å². The molecule has 34 heavy (non-hydrogen) atoms. The molecule has 2 aliphatic rings. The number of hydrogen-bond acceptors (Lipinski definition) is 2. The van der Waals surface area contributed by atoms with Gasteiger partial charge in [-0.2, -0.15) is 0 Å². The van der Waals surface area contributed by atoms with Gasteiger partial charge >= 0.3 is 0 Å². The molecule has 4 aromatic rings. The Morgan fingerprint density at radius 2 is 1.03 bits per heavy atom. The number of hydrogen-bond donors (Lipinski definition) is 0. The van der Waals surface area contributed by atoms with Crippen LogP contribution in [0.1, 0.15) is 26.2 Å². The van der Waals surface area contributed by atoms with E-state index in [1.54, 1.807) is 4.91 Å². The minimum atomic E-state index is -0.0661. The molecule has 6 rings (SSSR count). The molecule has 0 atom stereocenters. The first-order chi connectivity index (χ1) is 16.8. The highest BCUT2D eigenvalue weighted by Crippen LogP contribution is 2.51. The maximum Gasteiger partial charge on any atom is 0.191 e. The molecule has 2 aliphatic heterocycles. The molecule has 168 valence electrons. The number of allylic oxidation sites excluding steroid dienone is 1. The smallest absolute Gasteiger partial charge is 0.0795 e. The molecule has 0 saturated heterocycles. The van der Waals surface area contributed by atoms with Crippen LogP contribution in [-0.2, 0) is 21.8 Å². The molecule has 0 aromatic heterocycles. The van der Waals surface area contributed by atoms with Gasteiger partial charge in [-0.1, -0.05) is 85.4 Å². The largest absolute Gasteiger partial charge is 0.191 e. The van der Waals surface area contributed by atoms with Gasteiger partial charge in [0.25, 0.3) is 0 Å². The average Bonchev–Trinajstić information content (AvgIpc) is 2.89. The van der Waals surface area contributed by atoms with E-state index in [2.05, 4.69) is 109 Å². The van der Waals surface area contributed by atoms with Crippen molar-refractivity contribution >= 4 is 45.3 Å². The zero-order valence-corrected chi connectivity index (χ0v) is 22.3. The number of fused-ring (bicyclic) bond motifs is 4. The van der Waals surface area contributed by atoms with E-state index >= 15 is 0 Å². The summed E-state index contributed by atoms with van der Waals surface area (Å²) in [5.41, 5.74) is 0. The van der Waals surface area contributed by atoms with Crippen molar-refractivity contribution in [2.75, 3.05) is 0 Å². The fourth-order valence-corrected chi connectivity index (χ4v) is 12.4. The maximum absolute atomic E-state index is 2.67. The molecular weight excluding hydrogens is 489 g/mol. The van der Waals surface area contributed by atoms with Gasteiger partial charge in [-0.15, -0.1) is 0 Å². The van der Waals surface area contributed by atoms with E-state index in [1.807, 2.05) is 23.5 Å². The highest BCUT2D eigenvalue weighted by atomic mass is 32.2. The third-order valence-corrected chi connectivity index (χ3v) is 13.6. The lowest BCUT2D eigenvalue weighted by Gasteiger charge is -2.21. The fraction of sp³-hybridized carbons (Fsp3) is 0.133. The highest BCUT2D eigenvalue weighted by Gasteiger charge is 2.43. The van der Waals surface area contributed by atoms with Crippen molar-refractivity contribution < 1.29 is 0 Å². The average molecular weight is 515 g/mol. The van der Waals surface area contributed by atoms with Gasteiger partial charge in [0, 0.05) is 6.42 Å². The van der Waals surface area contributed by atoms with Crippen LogP contribution in [0, 0.1) is 0 Å². The van der Waals surface area contributed by atoms with E-state index in [1.165, 1.54) is 52.0 Å². The Balaban J connectivity index is 1.55. The molecule has 2 heterocycles. The molecule has 0 aliphatic carbocycles. The molecule has 0 amide bonds. The normalized spacial score (nSPS) is 15.3. The zero-order chi connectivity index (χ0) is 22.9. The van der Waals surface area contributed by atoms with Crippen LogP contribution in [0.3, 0.4) is 0 Å². The first kappa shape index (κ1) is 22.5. The van der Waals surface area contributed by atoms with Crippen molar-refractivity contribution in [2.24, 2.45) is 0 Å². The fourth-order valence-electron chi connectivity index (χ4n) is 4.41. The molecule has 0 saturated carbocycles. The predicted octanol–water partition coefficient (Wildman–Crippen LogP) is 9.42. The Labute approximate surface area is 217 Å². The number of unbranched alkanes of at least 4 members (excludes halogenated alkanes) is 1. The molecular formula is C30H26S4+2. The van der Waals surface area contributed by atoms with Gasteiger partial charge in [-0.25, -0.2) is 0 Å². The standard InChI is InChI=1S/C30H26S4/c1-2-3-12-22(34-29-19-10-6-15-25(29)32-26-16-7-11-20-30(26)34)21-33-27-17-8-4-13-23(27)31-24-14-5-9-18-28(24)33/h4-11,13-21H,2-3,12H2,1H3/q+2/b22-21+. The van der Waals surface area contributed by atoms with Gasteiger partial charge in [-0.05, 0) is 55.0 Å². The summed E-state index contributed by atoms with van der Waals surface area (Å²) in [7, 11) is -0.115. The summed E-state index contributed by atoms with van der Waals surface area (Å²) in [6, 6.07) is 36.2. The van der Waals surface area contributed by atoms with Crippen LogP contribution in [0.15, 0.2) is 147 Å². The lowest BCUT2D eigenvalue weighted by atomic mass is 10.2. The van der Waals surface area contributed by atoms with Gasteiger partial charge in [0.15, 0.2) is 29.9 Å². The number of benzene rings is 4. The zero-order valence-electron chi connectivity index (χ0n) is 19.1. The Morgan fingerprint density at radius 3 is 1.50 bits per heavy atom. The molecule has 0 radical (unpaired) electrons. The quantitative estimate of drug-likeness (QED) is 0.243. The Hall–Kier alpha value is -1.98. The van der Waals surface area contributed by atoms with E-state index in [9.17, 15) is 0 Å². The van der Waals surface area contributed by atoms with Crippen LogP contribution in [0.2, 0.25) is 0 Å². The summed E-state index contributed by atoms with van der Waals surface area (Å²) in [6.45, 7) is 2.31. The second kappa shape index (κ2) is 9.94. The first-order valence-corrected chi connectivity index (χ1v) is 15.9.